The van der Waals surface area contributed by atoms with E-state index in [1.807, 2.05) is 0 Å². The van der Waals surface area contributed by atoms with Crippen molar-refractivity contribution in [2.45, 2.75) is 20.8 Å². The lowest BCUT2D eigenvalue weighted by Gasteiger charge is -2.39. The molecular weight excluding hydrogens is 282 g/mol. The lowest BCUT2D eigenvalue weighted by Crippen LogP contribution is -2.54. The monoisotopic (exact) mass is 319 g/mol. The summed E-state index contributed by atoms with van der Waals surface area (Å²) in [5.41, 5.74) is 0. The van der Waals surface area contributed by atoms with Crippen LogP contribution in [0.25, 0.3) is 0 Å². The van der Waals surface area contributed by atoms with Gasteiger partial charge in [-0.15, -0.1) is 0 Å². The molecule has 0 aromatic heterocycles. The molecule has 1 heterocycles. The average Bonchev–Trinajstić information content (AvgIpc) is 2.44. The van der Waals surface area contributed by atoms with Gasteiger partial charge in [-0.2, -0.15) is 0 Å². The number of hydrogen-bond acceptors (Lipinski definition) is 5. The fourth-order valence-electron chi connectivity index (χ4n) is 2.43. The summed E-state index contributed by atoms with van der Waals surface area (Å²) >= 11 is 0. The minimum atomic E-state index is 0. The highest BCUT2D eigenvalue weighted by atomic mass is 16.5. The summed E-state index contributed by atoms with van der Waals surface area (Å²) in [6.07, 6.45) is 0. The van der Waals surface area contributed by atoms with Gasteiger partial charge in [0.2, 0.25) is 5.91 Å². The molecule has 0 saturated carbocycles. The summed E-state index contributed by atoms with van der Waals surface area (Å²) in [5, 5.41) is 6.13. The van der Waals surface area contributed by atoms with Crippen molar-refractivity contribution >= 4 is 5.91 Å². The Labute approximate surface area is 137 Å². The molecule has 0 spiro atoms. The quantitative estimate of drug-likeness (QED) is 0.492. The zero-order valence-electron chi connectivity index (χ0n) is 14.4. The molecule has 0 radical (unpaired) electrons. The molecule has 134 valence electrons. The van der Waals surface area contributed by atoms with E-state index < -0.39 is 0 Å². The van der Waals surface area contributed by atoms with Gasteiger partial charge in [0.25, 0.3) is 0 Å². The Bertz CT molecular complexity index is 304. The van der Waals surface area contributed by atoms with E-state index in [0.717, 1.165) is 32.7 Å². The third-order valence-electron chi connectivity index (χ3n) is 3.54. The maximum Gasteiger partial charge on any atom is 0.225 e. The van der Waals surface area contributed by atoms with Gasteiger partial charge in [0.05, 0.1) is 32.3 Å². The number of likely N-dealkylation sites (N-methyl/N-ethyl adjacent to an activating group) is 1. The number of rotatable bonds is 13. The highest BCUT2D eigenvalue weighted by molar-refractivity contribution is 5.79. The smallest absolute Gasteiger partial charge is 0.225 e. The standard InChI is InChI=1S/C16H33N3O3.2H2/c1-4-17-5-7-21-9-10-22-8-6-18-16(20)15-12-19(13-15)11-14(2)3;;/h14-15,17H,4-13H2,1-3H3,(H,18,20);2*1H. The molecule has 22 heavy (non-hydrogen) atoms. The molecule has 2 N–H and O–H groups in total. The molecule has 0 aromatic carbocycles. The van der Waals surface area contributed by atoms with E-state index >= 15 is 0 Å². The number of carbonyl (C=O) groups excluding carboxylic acids is 1. The van der Waals surface area contributed by atoms with E-state index in [1.54, 1.807) is 0 Å². The van der Waals surface area contributed by atoms with Crippen molar-refractivity contribution in [2.24, 2.45) is 11.8 Å². The largest absolute Gasteiger partial charge is 0.378 e. The molecule has 1 fully saturated rings. The van der Waals surface area contributed by atoms with Crippen molar-refractivity contribution < 1.29 is 17.1 Å². The number of amides is 1. The van der Waals surface area contributed by atoms with Crippen molar-refractivity contribution in [2.75, 3.05) is 65.7 Å². The molecule has 1 aliphatic heterocycles. The van der Waals surface area contributed by atoms with E-state index in [0.29, 0.717) is 38.9 Å². The van der Waals surface area contributed by atoms with Crippen LogP contribution in [0.2, 0.25) is 0 Å². The Hall–Kier alpha value is -0.690. The molecule has 0 aliphatic carbocycles. The first-order valence-electron chi connectivity index (χ1n) is 8.49. The minimum absolute atomic E-state index is 0. The predicted molar refractivity (Wildman–Crippen MR) is 92.2 cm³/mol. The van der Waals surface area contributed by atoms with Crippen molar-refractivity contribution in [3.05, 3.63) is 0 Å². The molecule has 1 saturated heterocycles. The molecule has 0 aromatic rings. The molecule has 0 bridgehead atoms. The Morgan fingerprint density at radius 3 is 2.41 bits per heavy atom. The van der Waals surface area contributed by atoms with Crippen LogP contribution in [0.15, 0.2) is 0 Å². The second-order valence-electron chi connectivity index (χ2n) is 6.18. The van der Waals surface area contributed by atoms with Gasteiger partial charge in [-0.25, -0.2) is 0 Å². The van der Waals surface area contributed by atoms with E-state index in [9.17, 15) is 4.79 Å². The minimum Gasteiger partial charge on any atom is -0.378 e. The highest BCUT2D eigenvalue weighted by Gasteiger charge is 2.32. The van der Waals surface area contributed by atoms with Crippen LogP contribution in [-0.4, -0.2) is 76.5 Å². The number of nitrogens with one attached hydrogen (secondary N) is 2. The number of nitrogens with zero attached hydrogens (tertiary/aromatic N) is 1. The summed E-state index contributed by atoms with van der Waals surface area (Å²) in [6, 6.07) is 0. The van der Waals surface area contributed by atoms with Gasteiger partial charge in [-0.05, 0) is 12.5 Å². The zero-order valence-corrected chi connectivity index (χ0v) is 14.4. The first kappa shape index (κ1) is 19.4. The summed E-state index contributed by atoms with van der Waals surface area (Å²) < 4.78 is 10.8. The fraction of sp³-hybridized carbons (Fsp3) is 0.938. The van der Waals surface area contributed by atoms with Gasteiger partial charge < -0.3 is 25.0 Å². The van der Waals surface area contributed by atoms with Crippen LogP contribution in [0, 0.1) is 11.8 Å². The van der Waals surface area contributed by atoms with Crippen LogP contribution in [0.4, 0.5) is 0 Å². The number of carbonyl (C=O) groups is 1. The van der Waals surface area contributed by atoms with Gasteiger partial charge >= 0.3 is 0 Å². The van der Waals surface area contributed by atoms with Crippen molar-refractivity contribution in [3.63, 3.8) is 0 Å². The third-order valence-corrected chi connectivity index (χ3v) is 3.54. The SMILES string of the molecule is CCNCCOCCOCCNC(=O)C1CN(CC(C)C)C1.[HH].[HH]. The maximum absolute atomic E-state index is 11.9. The Balaban J connectivity index is 0. The molecule has 6 heteroatoms. The van der Waals surface area contributed by atoms with Gasteiger partial charge in [0, 0.05) is 35.6 Å². The fourth-order valence-corrected chi connectivity index (χ4v) is 2.43. The number of likely N-dealkylation sites (tertiary alicyclic amines) is 1. The van der Waals surface area contributed by atoms with Crippen molar-refractivity contribution in [3.8, 4) is 0 Å². The third kappa shape index (κ3) is 8.68. The highest BCUT2D eigenvalue weighted by Crippen LogP contribution is 2.16. The van der Waals surface area contributed by atoms with E-state index in [4.69, 9.17) is 9.47 Å². The van der Waals surface area contributed by atoms with Gasteiger partial charge in [0.1, 0.15) is 0 Å². The number of hydrogen-bond donors (Lipinski definition) is 2. The predicted octanol–water partition coefficient (Wildman–Crippen LogP) is 0.825. The number of ether oxygens (including phenoxy) is 2. The first-order chi connectivity index (χ1) is 10.6. The van der Waals surface area contributed by atoms with Gasteiger partial charge in [0.15, 0.2) is 0 Å². The normalized spacial score (nSPS) is 16.0. The molecule has 0 unspecified atom stereocenters. The topological polar surface area (TPSA) is 62.8 Å². The summed E-state index contributed by atoms with van der Waals surface area (Å²) in [5.74, 6) is 0.982. The molecule has 6 nitrogen and oxygen atoms in total. The molecule has 1 rings (SSSR count). The van der Waals surface area contributed by atoms with Crippen LogP contribution < -0.4 is 10.6 Å². The van der Waals surface area contributed by atoms with Crippen molar-refractivity contribution in [1.29, 1.82) is 0 Å². The average molecular weight is 319 g/mol. The van der Waals surface area contributed by atoms with E-state index in [1.165, 1.54) is 0 Å². The maximum atomic E-state index is 11.9. The van der Waals surface area contributed by atoms with Crippen LogP contribution in [0.1, 0.15) is 23.6 Å². The van der Waals surface area contributed by atoms with E-state index in [-0.39, 0.29) is 14.7 Å². The molecule has 1 aliphatic rings. The summed E-state index contributed by atoms with van der Waals surface area (Å²) in [7, 11) is 0. The zero-order chi connectivity index (χ0) is 16.2. The second kappa shape index (κ2) is 11.8. The first-order valence-corrected chi connectivity index (χ1v) is 8.49. The molecule has 0 atom stereocenters. The Morgan fingerprint density at radius 2 is 1.82 bits per heavy atom. The second-order valence-corrected chi connectivity index (χ2v) is 6.18. The van der Waals surface area contributed by atoms with Crippen LogP contribution >= 0.6 is 0 Å². The Morgan fingerprint density at radius 1 is 1.18 bits per heavy atom. The molecule has 1 amide bonds. The van der Waals surface area contributed by atoms with Crippen LogP contribution in [0.5, 0.6) is 0 Å². The van der Waals surface area contributed by atoms with Crippen LogP contribution in [-0.2, 0) is 14.3 Å². The van der Waals surface area contributed by atoms with Gasteiger partial charge in [-0.3, -0.25) is 4.79 Å². The Kier molecular flexibility index (Phi) is 10.4. The summed E-state index contributed by atoms with van der Waals surface area (Å²) in [6.45, 7) is 14.2. The molecular formula is C16H37N3O3. The summed E-state index contributed by atoms with van der Waals surface area (Å²) in [4.78, 5) is 14.2. The van der Waals surface area contributed by atoms with Crippen LogP contribution in [0.3, 0.4) is 0 Å². The lowest BCUT2D eigenvalue weighted by atomic mass is 9.98. The van der Waals surface area contributed by atoms with E-state index in [2.05, 4.69) is 36.3 Å². The van der Waals surface area contributed by atoms with Gasteiger partial charge in [-0.1, -0.05) is 20.8 Å². The van der Waals surface area contributed by atoms with Crippen molar-refractivity contribution in [1.82, 2.24) is 15.5 Å². The lowest BCUT2D eigenvalue weighted by molar-refractivity contribution is -0.130.